The summed E-state index contributed by atoms with van der Waals surface area (Å²) in [5.41, 5.74) is 0. The summed E-state index contributed by atoms with van der Waals surface area (Å²) in [6.45, 7) is 1.41. The Morgan fingerprint density at radius 3 is 2.22 bits per heavy atom. The Labute approximate surface area is 110 Å². The van der Waals surface area contributed by atoms with Gasteiger partial charge in [0.1, 0.15) is 0 Å². The van der Waals surface area contributed by atoms with Gasteiger partial charge in [-0.1, -0.05) is 0 Å². The third-order valence-electron chi connectivity index (χ3n) is 3.85. The minimum Gasteiger partial charge on any atom is -0.320 e. The van der Waals surface area contributed by atoms with Gasteiger partial charge in [-0.3, -0.25) is 0 Å². The van der Waals surface area contributed by atoms with Crippen molar-refractivity contribution >= 4 is 10.2 Å². The van der Waals surface area contributed by atoms with E-state index < -0.39 is 10.2 Å². The average Bonchev–Trinajstić information content (AvgIpc) is 3.17. The summed E-state index contributed by atoms with van der Waals surface area (Å²) >= 11 is 0. The standard InChI is InChI=1S/C12H25N3O2S/c1-13-8-3-9-15(2)18(16,17)14-12(10-4-5-10)11-6-7-11/h10-14H,3-9H2,1-2H3. The lowest BCUT2D eigenvalue weighted by Gasteiger charge is -2.23. The number of nitrogens with zero attached hydrogens (tertiary/aromatic N) is 1. The van der Waals surface area contributed by atoms with Crippen molar-refractivity contribution in [2.75, 3.05) is 27.2 Å². The second-order valence-corrected chi connectivity index (χ2v) is 7.41. The van der Waals surface area contributed by atoms with Crippen LogP contribution in [-0.4, -0.2) is 45.9 Å². The molecular formula is C12H25N3O2S. The summed E-state index contributed by atoms with van der Waals surface area (Å²) in [7, 11) is 0.245. The highest BCUT2D eigenvalue weighted by atomic mass is 32.2. The molecule has 2 fully saturated rings. The molecule has 2 rings (SSSR count). The van der Waals surface area contributed by atoms with Crippen LogP contribution in [0, 0.1) is 11.8 Å². The maximum Gasteiger partial charge on any atom is 0.279 e. The third kappa shape index (κ3) is 3.91. The van der Waals surface area contributed by atoms with Gasteiger partial charge in [-0.2, -0.15) is 17.4 Å². The molecule has 0 aromatic rings. The molecule has 0 amide bonds. The van der Waals surface area contributed by atoms with Crippen LogP contribution in [0.25, 0.3) is 0 Å². The molecule has 2 N–H and O–H groups in total. The molecule has 18 heavy (non-hydrogen) atoms. The van der Waals surface area contributed by atoms with Crippen LogP contribution in [0.1, 0.15) is 32.1 Å². The van der Waals surface area contributed by atoms with E-state index in [1.807, 2.05) is 7.05 Å². The van der Waals surface area contributed by atoms with E-state index in [0.29, 0.717) is 18.4 Å². The predicted molar refractivity (Wildman–Crippen MR) is 72.5 cm³/mol. The van der Waals surface area contributed by atoms with Crippen molar-refractivity contribution in [2.24, 2.45) is 11.8 Å². The molecule has 0 radical (unpaired) electrons. The second kappa shape index (κ2) is 5.86. The number of hydrogen-bond acceptors (Lipinski definition) is 3. The summed E-state index contributed by atoms with van der Waals surface area (Å²) in [4.78, 5) is 0. The van der Waals surface area contributed by atoms with Crippen LogP contribution in [0.4, 0.5) is 0 Å². The van der Waals surface area contributed by atoms with E-state index in [9.17, 15) is 8.42 Å². The normalized spacial score (nSPS) is 20.9. The molecule has 0 aromatic heterocycles. The van der Waals surface area contributed by atoms with Crippen LogP contribution in [0.3, 0.4) is 0 Å². The van der Waals surface area contributed by atoms with Crippen molar-refractivity contribution in [3.63, 3.8) is 0 Å². The molecule has 0 bridgehead atoms. The van der Waals surface area contributed by atoms with E-state index in [2.05, 4.69) is 10.0 Å². The Kier molecular flexibility index (Phi) is 4.64. The molecule has 0 heterocycles. The first-order valence-electron chi connectivity index (χ1n) is 6.93. The molecule has 2 aliphatic rings. The lowest BCUT2D eigenvalue weighted by atomic mass is 10.1. The molecule has 2 aliphatic carbocycles. The van der Waals surface area contributed by atoms with Gasteiger partial charge in [-0.05, 0) is 57.5 Å². The zero-order valence-corrected chi connectivity index (χ0v) is 12.2. The van der Waals surface area contributed by atoms with Crippen molar-refractivity contribution in [1.29, 1.82) is 0 Å². The Bertz CT molecular complexity index is 352. The lowest BCUT2D eigenvalue weighted by molar-refractivity contribution is 0.414. The molecule has 0 saturated heterocycles. The minimum atomic E-state index is -3.29. The molecule has 0 atom stereocenters. The molecule has 0 unspecified atom stereocenters. The van der Waals surface area contributed by atoms with E-state index in [4.69, 9.17) is 0 Å². The van der Waals surface area contributed by atoms with Gasteiger partial charge in [-0.25, -0.2) is 0 Å². The van der Waals surface area contributed by atoms with Gasteiger partial charge >= 0.3 is 0 Å². The smallest absolute Gasteiger partial charge is 0.279 e. The first-order chi connectivity index (χ1) is 8.54. The number of hydrogen-bond donors (Lipinski definition) is 2. The molecule has 2 saturated carbocycles. The van der Waals surface area contributed by atoms with Crippen molar-refractivity contribution in [2.45, 2.75) is 38.1 Å². The highest BCUT2D eigenvalue weighted by Crippen LogP contribution is 2.44. The summed E-state index contributed by atoms with van der Waals surface area (Å²) in [5, 5.41) is 3.03. The minimum absolute atomic E-state index is 0.196. The molecule has 5 nitrogen and oxygen atoms in total. The molecule has 106 valence electrons. The fourth-order valence-electron chi connectivity index (χ4n) is 2.35. The van der Waals surface area contributed by atoms with Gasteiger partial charge in [0.2, 0.25) is 0 Å². The molecule has 0 aromatic carbocycles. The van der Waals surface area contributed by atoms with Crippen molar-refractivity contribution in [3.05, 3.63) is 0 Å². The van der Waals surface area contributed by atoms with Crippen LogP contribution < -0.4 is 10.0 Å². The summed E-state index contributed by atoms with van der Waals surface area (Å²) < 4.78 is 28.8. The van der Waals surface area contributed by atoms with Crippen LogP contribution in [0.2, 0.25) is 0 Å². The number of nitrogens with one attached hydrogen (secondary N) is 2. The van der Waals surface area contributed by atoms with Crippen LogP contribution in [-0.2, 0) is 10.2 Å². The van der Waals surface area contributed by atoms with Crippen LogP contribution in [0.15, 0.2) is 0 Å². The van der Waals surface area contributed by atoms with Crippen molar-refractivity contribution in [3.8, 4) is 0 Å². The first kappa shape index (κ1) is 14.2. The fraction of sp³-hybridized carbons (Fsp3) is 1.00. The van der Waals surface area contributed by atoms with Gasteiger partial charge in [-0.15, -0.1) is 0 Å². The number of rotatable bonds is 9. The maximum absolute atomic E-state index is 12.2. The summed E-state index contributed by atoms with van der Waals surface area (Å²) in [5.74, 6) is 1.19. The highest BCUT2D eigenvalue weighted by molar-refractivity contribution is 7.87. The van der Waals surface area contributed by atoms with E-state index >= 15 is 0 Å². The zero-order chi connectivity index (χ0) is 13.2. The first-order valence-corrected chi connectivity index (χ1v) is 8.37. The molecule has 0 aliphatic heterocycles. The van der Waals surface area contributed by atoms with Gasteiger partial charge in [0.15, 0.2) is 0 Å². The zero-order valence-electron chi connectivity index (χ0n) is 11.4. The Hall–Kier alpha value is -0.170. The molecular weight excluding hydrogens is 250 g/mol. The second-order valence-electron chi connectivity index (χ2n) is 5.60. The molecule has 0 spiro atoms. The largest absolute Gasteiger partial charge is 0.320 e. The van der Waals surface area contributed by atoms with Gasteiger partial charge in [0.25, 0.3) is 10.2 Å². The Balaban J connectivity index is 1.84. The summed E-state index contributed by atoms with van der Waals surface area (Å²) in [6, 6.07) is 0.196. The average molecular weight is 275 g/mol. The quantitative estimate of drug-likeness (QED) is 0.604. The maximum atomic E-state index is 12.2. The van der Waals surface area contributed by atoms with Gasteiger partial charge in [0, 0.05) is 19.6 Å². The lowest BCUT2D eigenvalue weighted by Crippen LogP contribution is -2.46. The molecule has 6 heteroatoms. The van der Waals surface area contributed by atoms with Crippen molar-refractivity contribution < 1.29 is 8.42 Å². The van der Waals surface area contributed by atoms with E-state index in [0.717, 1.165) is 13.0 Å². The SMILES string of the molecule is CNCCCN(C)S(=O)(=O)NC(C1CC1)C1CC1. The topological polar surface area (TPSA) is 61.4 Å². The highest BCUT2D eigenvalue weighted by Gasteiger charge is 2.43. The van der Waals surface area contributed by atoms with E-state index in [-0.39, 0.29) is 6.04 Å². The Morgan fingerprint density at radius 1 is 1.22 bits per heavy atom. The Morgan fingerprint density at radius 2 is 1.78 bits per heavy atom. The third-order valence-corrected chi connectivity index (χ3v) is 5.43. The van der Waals surface area contributed by atoms with Gasteiger partial charge < -0.3 is 5.32 Å². The van der Waals surface area contributed by atoms with Crippen molar-refractivity contribution in [1.82, 2.24) is 14.3 Å². The van der Waals surface area contributed by atoms with Crippen LogP contribution >= 0.6 is 0 Å². The monoisotopic (exact) mass is 275 g/mol. The predicted octanol–water partition coefficient (Wildman–Crippen LogP) is 0.551. The van der Waals surface area contributed by atoms with E-state index in [1.165, 1.54) is 30.0 Å². The fourth-order valence-corrected chi connectivity index (χ4v) is 3.63. The van der Waals surface area contributed by atoms with E-state index in [1.54, 1.807) is 7.05 Å². The summed E-state index contributed by atoms with van der Waals surface area (Å²) in [6.07, 6.45) is 5.59. The van der Waals surface area contributed by atoms with Crippen LogP contribution in [0.5, 0.6) is 0 Å². The van der Waals surface area contributed by atoms with Gasteiger partial charge in [0.05, 0.1) is 0 Å².